The molecule has 0 bridgehead atoms. The lowest BCUT2D eigenvalue weighted by Crippen LogP contribution is -2.38. The van der Waals surface area contributed by atoms with Crippen LogP contribution in [0.5, 0.6) is 5.75 Å². The van der Waals surface area contributed by atoms with Crippen LogP contribution in [-0.4, -0.2) is 17.6 Å². The second-order valence-electron chi connectivity index (χ2n) is 6.34. The zero-order valence-corrected chi connectivity index (χ0v) is 17.3. The lowest BCUT2D eigenvalue weighted by atomic mass is 10.2. The Morgan fingerprint density at radius 3 is 2.52 bits per heavy atom. The summed E-state index contributed by atoms with van der Waals surface area (Å²) in [5.41, 5.74) is 2.58. The minimum atomic E-state index is -0.296. The van der Waals surface area contributed by atoms with Gasteiger partial charge in [0.05, 0.1) is 6.61 Å². The molecule has 0 unspecified atom stereocenters. The number of hydrogen-bond donors (Lipinski definition) is 2. The van der Waals surface area contributed by atoms with Crippen molar-refractivity contribution in [2.45, 2.75) is 13.0 Å². The molecule has 0 saturated heterocycles. The quantitative estimate of drug-likeness (QED) is 0.536. The summed E-state index contributed by atoms with van der Waals surface area (Å²) in [6.45, 7) is 0.967. The predicted molar refractivity (Wildman–Crippen MR) is 120 cm³/mol. The zero-order valence-electron chi connectivity index (χ0n) is 15.7. The molecule has 0 aliphatic heterocycles. The van der Waals surface area contributed by atoms with Crippen molar-refractivity contribution in [1.82, 2.24) is 10.6 Å². The van der Waals surface area contributed by atoms with Gasteiger partial charge in [0.25, 0.3) is 5.91 Å². The van der Waals surface area contributed by atoms with Crippen molar-refractivity contribution in [2.75, 3.05) is 6.61 Å². The van der Waals surface area contributed by atoms with Crippen LogP contribution in [0, 0.1) is 0 Å². The van der Waals surface area contributed by atoms with Gasteiger partial charge in [-0.25, -0.2) is 0 Å². The molecule has 0 fully saturated rings. The highest BCUT2D eigenvalue weighted by Crippen LogP contribution is 2.15. The summed E-state index contributed by atoms with van der Waals surface area (Å²) in [4.78, 5) is 12.5. The summed E-state index contributed by atoms with van der Waals surface area (Å²) in [7, 11) is 0. The van der Waals surface area contributed by atoms with Crippen LogP contribution in [0.25, 0.3) is 0 Å². The lowest BCUT2D eigenvalue weighted by Gasteiger charge is -2.11. The van der Waals surface area contributed by atoms with E-state index in [1.807, 2.05) is 48.5 Å². The van der Waals surface area contributed by atoms with E-state index in [4.69, 9.17) is 28.6 Å². The van der Waals surface area contributed by atoms with E-state index in [2.05, 4.69) is 22.8 Å². The van der Waals surface area contributed by atoms with E-state index < -0.39 is 0 Å². The highest BCUT2D eigenvalue weighted by atomic mass is 35.5. The van der Waals surface area contributed by atoms with Gasteiger partial charge < -0.3 is 10.1 Å². The maximum Gasteiger partial charge on any atom is 0.257 e. The highest BCUT2D eigenvalue weighted by Gasteiger charge is 2.09. The minimum Gasteiger partial charge on any atom is -0.493 e. The standard InChI is InChI=1S/C23H21ClN2O2S/c24-21-12-5-4-9-19(21)16-25-23(29)26-22(27)18-10-6-11-20(15-18)28-14-13-17-7-2-1-3-8-17/h1-12,15H,13-14,16H2,(H2,25,26,27,29). The number of thiocarbonyl (C=S) groups is 1. The molecule has 0 heterocycles. The van der Waals surface area contributed by atoms with Crippen LogP contribution < -0.4 is 15.4 Å². The Bertz CT molecular complexity index is 979. The third-order valence-electron chi connectivity index (χ3n) is 4.22. The van der Waals surface area contributed by atoms with E-state index in [0.29, 0.717) is 29.5 Å². The van der Waals surface area contributed by atoms with Crippen LogP contribution in [0.1, 0.15) is 21.5 Å². The van der Waals surface area contributed by atoms with E-state index in [1.54, 1.807) is 18.2 Å². The molecule has 148 valence electrons. The monoisotopic (exact) mass is 424 g/mol. The fourth-order valence-electron chi connectivity index (χ4n) is 2.70. The first-order valence-electron chi connectivity index (χ1n) is 9.21. The summed E-state index contributed by atoms with van der Waals surface area (Å²) < 4.78 is 5.78. The van der Waals surface area contributed by atoms with Crippen LogP contribution in [0.3, 0.4) is 0 Å². The molecule has 0 spiro atoms. The Morgan fingerprint density at radius 1 is 0.966 bits per heavy atom. The molecule has 0 aliphatic carbocycles. The Morgan fingerprint density at radius 2 is 1.72 bits per heavy atom. The normalized spacial score (nSPS) is 10.2. The van der Waals surface area contributed by atoms with Crippen LogP contribution in [-0.2, 0) is 13.0 Å². The van der Waals surface area contributed by atoms with Gasteiger partial charge >= 0.3 is 0 Å². The predicted octanol–water partition coefficient (Wildman–Crippen LogP) is 4.77. The third kappa shape index (κ3) is 6.59. The molecule has 6 heteroatoms. The van der Waals surface area contributed by atoms with Gasteiger partial charge in [-0.1, -0.05) is 66.2 Å². The lowest BCUT2D eigenvalue weighted by molar-refractivity contribution is 0.0976. The van der Waals surface area contributed by atoms with Crippen molar-refractivity contribution in [3.05, 3.63) is 101 Å². The Balaban J connectivity index is 1.49. The molecular formula is C23H21ClN2O2S. The van der Waals surface area contributed by atoms with Gasteiger partial charge in [0.15, 0.2) is 5.11 Å². The molecule has 3 aromatic rings. The van der Waals surface area contributed by atoms with Gasteiger partial charge in [-0.3, -0.25) is 10.1 Å². The number of halogens is 1. The molecule has 4 nitrogen and oxygen atoms in total. The average Bonchev–Trinajstić information content (AvgIpc) is 2.74. The summed E-state index contributed by atoms with van der Waals surface area (Å²) in [5, 5.41) is 6.56. The van der Waals surface area contributed by atoms with Gasteiger partial charge in [0.1, 0.15) is 5.75 Å². The van der Waals surface area contributed by atoms with Crippen LogP contribution >= 0.6 is 23.8 Å². The number of amides is 1. The first-order chi connectivity index (χ1) is 14.1. The second-order valence-corrected chi connectivity index (χ2v) is 7.16. The second kappa shape index (κ2) is 10.6. The molecule has 0 aliphatic rings. The molecule has 3 rings (SSSR count). The highest BCUT2D eigenvalue weighted by molar-refractivity contribution is 7.80. The average molecular weight is 425 g/mol. The van der Waals surface area contributed by atoms with Crippen molar-refractivity contribution in [3.63, 3.8) is 0 Å². The molecule has 0 atom stereocenters. The zero-order chi connectivity index (χ0) is 20.5. The van der Waals surface area contributed by atoms with E-state index in [1.165, 1.54) is 5.56 Å². The fourth-order valence-corrected chi connectivity index (χ4v) is 3.06. The summed E-state index contributed by atoms with van der Waals surface area (Å²) >= 11 is 11.3. The Kier molecular flexibility index (Phi) is 7.61. The molecule has 0 radical (unpaired) electrons. The van der Waals surface area contributed by atoms with Crippen molar-refractivity contribution in [3.8, 4) is 5.75 Å². The summed E-state index contributed by atoms with van der Waals surface area (Å²) in [6, 6.07) is 24.6. The van der Waals surface area contributed by atoms with Crippen molar-refractivity contribution in [2.24, 2.45) is 0 Å². The molecular weight excluding hydrogens is 404 g/mol. The number of benzene rings is 3. The summed E-state index contributed by atoms with van der Waals surface area (Å²) in [6.07, 6.45) is 0.799. The number of nitrogens with one attached hydrogen (secondary N) is 2. The van der Waals surface area contributed by atoms with Crippen LogP contribution in [0.2, 0.25) is 5.02 Å². The number of ether oxygens (including phenoxy) is 1. The number of carbonyl (C=O) groups excluding carboxylic acids is 1. The number of carbonyl (C=O) groups is 1. The molecule has 1 amide bonds. The van der Waals surface area contributed by atoms with Crippen molar-refractivity contribution >= 4 is 34.8 Å². The van der Waals surface area contributed by atoms with Crippen LogP contribution in [0.4, 0.5) is 0 Å². The molecule has 29 heavy (non-hydrogen) atoms. The van der Waals surface area contributed by atoms with Gasteiger partial charge in [-0.05, 0) is 47.6 Å². The maximum atomic E-state index is 12.5. The van der Waals surface area contributed by atoms with Gasteiger partial charge in [0.2, 0.25) is 0 Å². The Hall–Kier alpha value is -2.89. The smallest absolute Gasteiger partial charge is 0.257 e. The largest absolute Gasteiger partial charge is 0.493 e. The minimum absolute atomic E-state index is 0.241. The fraction of sp³-hybridized carbons (Fsp3) is 0.130. The van der Waals surface area contributed by atoms with E-state index >= 15 is 0 Å². The number of rotatable bonds is 7. The first-order valence-corrected chi connectivity index (χ1v) is 10.00. The molecule has 0 saturated carbocycles. The van der Waals surface area contributed by atoms with Crippen molar-refractivity contribution in [1.29, 1.82) is 0 Å². The number of hydrogen-bond acceptors (Lipinski definition) is 3. The van der Waals surface area contributed by atoms with Gasteiger partial charge in [-0.2, -0.15) is 0 Å². The molecule has 2 N–H and O–H groups in total. The van der Waals surface area contributed by atoms with Crippen LogP contribution in [0.15, 0.2) is 78.9 Å². The maximum absolute atomic E-state index is 12.5. The van der Waals surface area contributed by atoms with E-state index in [0.717, 1.165) is 12.0 Å². The topological polar surface area (TPSA) is 50.4 Å². The Labute approximate surface area is 180 Å². The molecule has 3 aromatic carbocycles. The van der Waals surface area contributed by atoms with E-state index in [9.17, 15) is 4.79 Å². The van der Waals surface area contributed by atoms with Crippen molar-refractivity contribution < 1.29 is 9.53 Å². The van der Waals surface area contributed by atoms with Gasteiger partial charge in [0, 0.05) is 23.6 Å². The SMILES string of the molecule is O=C(NC(=S)NCc1ccccc1Cl)c1cccc(OCCc2ccccc2)c1. The first kappa shape index (κ1) is 20.8. The summed E-state index contributed by atoms with van der Waals surface area (Å²) in [5.74, 6) is 0.346. The van der Waals surface area contributed by atoms with E-state index in [-0.39, 0.29) is 11.0 Å². The van der Waals surface area contributed by atoms with Gasteiger partial charge in [-0.15, -0.1) is 0 Å². The third-order valence-corrected chi connectivity index (χ3v) is 4.84. The molecule has 0 aromatic heterocycles.